The van der Waals surface area contributed by atoms with Crippen molar-refractivity contribution in [1.29, 1.82) is 0 Å². The van der Waals surface area contributed by atoms with Gasteiger partial charge in [0.25, 0.3) is 0 Å². The molecule has 1 aromatic carbocycles. The number of H-pyrrole nitrogens is 1. The Labute approximate surface area is 140 Å². The molecule has 0 spiro atoms. The van der Waals surface area contributed by atoms with Crippen LogP contribution >= 0.6 is 11.6 Å². The average Bonchev–Trinajstić information content (AvgIpc) is 2.53. The van der Waals surface area contributed by atoms with Gasteiger partial charge in [0.05, 0.1) is 12.7 Å². The van der Waals surface area contributed by atoms with Gasteiger partial charge in [-0.25, -0.2) is 4.79 Å². The molecule has 3 rings (SSSR count). The molecule has 0 bridgehead atoms. The number of benzene rings is 1. The van der Waals surface area contributed by atoms with E-state index < -0.39 is 5.69 Å². The number of nitrogens with zero attached hydrogens (tertiary/aromatic N) is 1. The third-order valence-electron chi connectivity index (χ3n) is 3.95. The van der Waals surface area contributed by atoms with E-state index in [0.717, 1.165) is 24.1 Å². The summed E-state index contributed by atoms with van der Waals surface area (Å²) in [5.41, 5.74) is 1.47. The molecule has 1 fully saturated rings. The molecule has 1 aliphatic carbocycles. The molecule has 1 aromatic heterocycles. The molecule has 23 heavy (non-hydrogen) atoms. The molecule has 1 heterocycles. The van der Waals surface area contributed by atoms with Crippen LogP contribution in [-0.4, -0.2) is 16.1 Å². The van der Waals surface area contributed by atoms with Gasteiger partial charge in [-0.1, -0.05) is 43.0 Å². The maximum atomic E-state index is 11.3. The van der Waals surface area contributed by atoms with Crippen LogP contribution in [0.1, 0.15) is 37.7 Å². The first-order chi connectivity index (χ1) is 11.2. The minimum absolute atomic E-state index is 0.254. The molecular formula is C17H20ClN3O2. The quantitative estimate of drug-likeness (QED) is 0.811. The first-order valence-electron chi connectivity index (χ1n) is 7.93. The van der Waals surface area contributed by atoms with E-state index in [4.69, 9.17) is 16.3 Å². The Morgan fingerprint density at radius 1 is 1.26 bits per heavy atom. The van der Waals surface area contributed by atoms with E-state index in [1.807, 2.05) is 24.3 Å². The van der Waals surface area contributed by atoms with Crippen molar-refractivity contribution >= 4 is 23.1 Å². The minimum atomic E-state index is -0.475. The van der Waals surface area contributed by atoms with Crippen LogP contribution in [0.15, 0.2) is 35.1 Å². The Morgan fingerprint density at radius 3 is 2.87 bits per heavy atom. The molecule has 5 nitrogen and oxygen atoms in total. The molecule has 2 aromatic rings. The molecule has 0 atom stereocenters. The van der Waals surface area contributed by atoms with Crippen molar-refractivity contribution < 1.29 is 4.74 Å². The number of anilines is 2. The van der Waals surface area contributed by atoms with Crippen LogP contribution in [0.5, 0.6) is 0 Å². The third-order valence-corrected chi connectivity index (χ3v) is 4.15. The van der Waals surface area contributed by atoms with Crippen molar-refractivity contribution in [2.75, 3.05) is 5.32 Å². The molecule has 0 radical (unpaired) electrons. The van der Waals surface area contributed by atoms with Gasteiger partial charge in [0, 0.05) is 11.8 Å². The zero-order chi connectivity index (χ0) is 16.1. The van der Waals surface area contributed by atoms with Gasteiger partial charge in [-0.3, -0.25) is 4.98 Å². The van der Waals surface area contributed by atoms with Gasteiger partial charge in [-0.2, -0.15) is 4.98 Å². The normalized spacial score (nSPS) is 15.5. The predicted molar refractivity (Wildman–Crippen MR) is 91.3 cm³/mol. The van der Waals surface area contributed by atoms with E-state index in [-0.39, 0.29) is 5.15 Å². The van der Waals surface area contributed by atoms with Gasteiger partial charge >= 0.3 is 5.69 Å². The number of hydrogen-bond donors (Lipinski definition) is 2. The lowest BCUT2D eigenvalue weighted by Crippen LogP contribution is -2.16. The summed E-state index contributed by atoms with van der Waals surface area (Å²) in [4.78, 5) is 17.6. The van der Waals surface area contributed by atoms with Crippen LogP contribution in [0.25, 0.3) is 0 Å². The summed E-state index contributed by atoms with van der Waals surface area (Å²) in [5.74, 6) is 0.420. The van der Waals surface area contributed by atoms with Gasteiger partial charge in [0.2, 0.25) is 0 Å². The first-order valence-corrected chi connectivity index (χ1v) is 8.31. The molecule has 122 valence electrons. The summed E-state index contributed by atoms with van der Waals surface area (Å²) in [6.45, 7) is 0.601. The number of rotatable bonds is 5. The predicted octanol–water partition coefficient (Wildman–Crippen LogP) is 4.02. The van der Waals surface area contributed by atoms with Gasteiger partial charge in [0.15, 0.2) is 0 Å². The molecule has 6 heteroatoms. The van der Waals surface area contributed by atoms with Crippen LogP contribution in [0, 0.1) is 0 Å². The zero-order valence-electron chi connectivity index (χ0n) is 12.8. The Morgan fingerprint density at radius 2 is 2.09 bits per heavy atom. The molecule has 1 aliphatic rings. The van der Waals surface area contributed by atoms with Gasteiger partial charge in [-0.05, 0) is 30.5 Å². The maximum Gasteiger partial charge on any atom is 0.348 e. The van der Waals surface area contributed by atoms with Crippen molar-refractivity contribution in [3.8, 4) is 0 Å². The Bertz CT molecular complexity index is 711. The summed E-state index contributed by atoms with van der Waals surface area (Å²) in [6, 6.07) is 9.48. The summed E-state index contributed by atoms with van der Waals surface area (Å²) in [5, 5.41) is 3.35. The second kappa shape index (κ2) is 7.62. The summed E-state index contributed by atoms with van der Waals surface area (Å²) in [7, 11) is 0. The second-order valence-corrected chi connectivity index (χ2v) is 6.22. The number of nitrogens with one attached hydrogen (secondary N) is 2. The van der Waals surface area contributed by atoms with E-state index in [0.29, 0.717) is 18.5 Å². The van der Waals surface area contributed by atoms with Gasteiger partial charge in [0.1, 0.15) is 11.0 Å². The molecular weight excluding hydrogens is 314 g/mol. The number of hydrogen-bond acceptors (Lipinski definition) is 4. The van der Waals surface area contributed by atoms with Crippen LogP contribution in [0.3, 0.4) is 0 Å². The summed E-state index contributed by atoms with van der Waals surface area (Å²) < 4.78 is 5.99. The van der Waals surface area contributed by atoms with Crippen molar-refractivity contribution in [2.45, 2.75) is 44.8 Å². The number of aromatic amines is 1. The lowest BCUT2D eigenvalue weighted by atomic mass is 9.98. The fraction of sp³-hybridized carbons (Fsp3) is 0.412. The third kappa shape index (κ3) is 4.81. The highest BCUT2D eigenvalue weighted by Crippen LogP contribution is 2.22. The number of halogens is 1. The van der Waals surface area contributed by atoms with E-state index in [1.54, 1.807) is 6.07 Å². The maximum absolute atomic E-state index is 11.3. The fourth-order valence-corrected chi connectivity index (χ4v) is 3.01. The molecule has 0 amide bonds. The summed E-state index contributed by atoms with van der Waals surface area (Å²) >= 11 is 5.83. The molecule has 0 saturated heterocycles. The lowest BCUT2D eigenvalue weighted by Gasteiger charge is -2.22. The molecule has 1 saturated carbocycles. The number of aromatic nitrogens is 2. The van der Waals surface area contributed by atoms with Crippen LogP contribution in [-0.2, 0) is 11.3 Å². The van der Waals surface area contributed by atoms with E-state index >= 15 is 0 Å². The highest BCUT2D eigenvalue weighted by atomic mass is 35.5. The van der Waals surface area contributed by atoms with Gasteiger partial charge < -0.3 is 10.1 Å². The van der Waals surface area contributed by atoms with Crippen LogP contribution < -0.4 is 11.0 Å². The van der Waals surface area contributed by atoms with E-state index in [2.05, 4.69) is 15.3 Å². The Balaban J connectivity index is 1.63. The minimum Gasteiger partial charge on any atom is -0.374 e. The largest absolute Gasteiger partial charge is 0.374 e. The van der Waals surface area contributed by atoms with Crippen molar-refractivity contribution in [2.24, 2.45) is 0 Å². The zero-order valence-corrected chi connectivity index (χ0v) is 13.6. The van der Waals surface area contributed by atoms with Crippen molar-refractivity contribution in [1.82, 2.24) is 9.97 Å². The topological polar surface area (TPSA) is 67.0 Å². The Kier molecular flexibility index (Phi) is 5.31. The van der Waals surface area contributed by atoms with Crippen molar-refractivity contribution in [3.63, 3.8) is 0 Å². The average molecular weight is 334 g/mol. The standard InChI is InChI=1S/C17H20ClN3O2/c18-15-10-16(21-17(22)20-15)19-13-6-4-5-12(9-13)11-23-14-7-2-1-3-8-14/h4-6,9-10,14H,1-3,7-8,11H2,(H2,19,20,21,22). The van der Waals surface area contributed by atoms with Crippen molar-refractivity contribution in [3.05, 3.63) is 51.5 Å². The smallest absolute Gasteiger partial charge is 0.348 e. The van der Waals surface area contributed by atoms with Gasteiger partial charge in [-0.15, -0.1) is 0 Å². The van der Waals surface area contributed by atoms with E-state index in [9.17, 15) is 4.79 Å². The first kappa shape index (κ1) is 16.0. The SMILES string of the molecule is O=c1nc(Nc2cccc(COC3CCCCC3)c2)cc(Cl)[nH]1. The lowest BCUT2D eigenvalue weighted by molar-refractivity contribution is 0.0169. The summed E-state index contributed by atoms with van der Waals surface area (Å²) in [6.07, 6.45) is 6.56. The molecule has 0 unspecified atom stereocenters. The van der Waals surface area contributed by atoms with E-state index in [1.165, 1.54) is 19.3 Å². The monoisotopic (exact) mass is 333 g/mol. The molecule has 2 N–H and O–H groups in total. The molecule has 0 aliphatic heterocycles. The number of ether oxygens (including phenoxy) is 1. The second-order valence-electron chi connectivity index (χ2n) is 5.82. The van der Waals surface area contributed by atoms with Crippen LogP contribution in [0.4, 0.5) is 11.5 Å². The highest BCUT2D eigenvalue weighted by Gasteiger charge is 2.13. The van der Waals surface area contributed by atoms with Crippen LogP contribution in [0.2, 0.25) is 5.15 Å². The fourth-order valence-electron chi connectivity index (χ4n) is 2.82. The Hall–Kier alpha value is -1.85. The highest BCUT2D eigenvalue weighted by molar-refractivity contribution is 6.29.